The van der Waals surface area contributed by atoms with Crippen molar-refractivity contribution in [2.45, 2.75) is 27.2 Å². The zero-order valence-corrected chi connectivity index (χ0v) is 13.9. The number of hydrogen-bond donors (Lipinski definition) is 1. The first-order chi connectivity index (χ1) is 10.5. The number of allylic oxidation sites excluding steroid dienone is 6. The van der Waals surface area contributed by atoms with E-state index >= 15 is 0 Å². The Morgan fingerprint density at radius 3 is 2.36 bits per heavy atom. The molecule has 0 saturated heterocycles. The standard InChI is InChI=1S/C19H26N2O/c1-7-11-18(17(9-3)10-4)14-21(19(22)12-13-20)16(6)15(5)8-2/h3,7-8,10-11H,2,4,12-14,20H2,1,5-6H3/b11-7-,16-15+,18-17+. The normalized spacial score (nSPS) is 13.0. The fourth-order valence-electron chi connectivity index (χ4n) is 1.89. The van der Waals surface area contributed by atoms with Gasteiger partial charge in [0.1, 0.15) is 0 Å². The topological polar surface area (TPSA) is 46.3 Å². The quantitative estimate of drug-likeness (QED) is 0.552. The van der Waals surface area contributed by atoms with Crippen LogP contribution in [0.5, 0.6) is 0 Å². The van der Waals surface area contributed by atoms with Gasteiger partial charge in [-0.2, -0.15) is 0 Å². The highest BCUT2D eigenvalue weighted by molar-refractivity contribution is 5.79. The zero-order chi connectivity index (χ0) is 17.1. The molecule has 0 unspecified atom stereocenters. The first-order valence-corrected chi connectivity index (χ1v) is 7.21. The average Bonchev–Trinajstić information content (AvgIpc) is 2.52. The molecule has 0 aromatic carbocycles. The molecule has 0 aliphatic carbocycles. The molecule has 0 aromatic heterocycles. The third-order valence-corrected chi connectivity index (χ3v) is 3.34. The van der Waals surface area contributed by atoms with Crippen molar-refractivity contribution in [2.24, 2.45) is 5.73 Å². The van der Waals surface area contributed by atoms with Gasteiger partial charge in [-0.05, 0) is 31.9 Å². The molecule has 0 fully saturated rings. The van der Waals surface area contributed by atoms with Crippen molar-refractivity contribution in [2.75, 3.05) is 13.1 Å². The van der Waals surface area contributed by atoms with Crippen LogP contribution in [0.4, 0.5) is 0 Å². The lowest BCUT2D eigenvalue weighted by Gasteiger charge is -2.26. The molecule has 0 aromatic rings. The molecule has 3 nitrogen and oxygen atoms in total. The summed E-state index contributed by atoms with van der Waals surface area (Å²) >= 11 is 0. The third kappa shape index (κ3) is 5.59. The Labute approximate surface area is 134 Å². The van der Waals surface area contributed by atoms with E-state index in [4.69, 9.17) is 12.2 Å². The van der Waals surface area contributed by atoms with Gasteiger partial charge < -0.3 is 10.6 Å². The molecule has 0 saturated carbocycles. The number of carbonyl (C=O) groups excluding carboxylic acids is 1. The molecule has 1 amide bonds. The second kappa shape index (κ2) is 10.4. The van der Waals surface area contributed by atoms with Gasteiger partial charge in [0.25, 0.3) is 0 Å². The van der Waals surface area contributed by atoms with E-state index in [0.717, 1.165) is 16.8 Å². The summed E-state index contributed by atoms with van der Waals surface area (Å²) in [4.78, 5) is 14.1. The van der Waals surface area contributed by atoms with Gasteiger partial charge in [0.15, 0.2) is 0 Å². The third-order valence-electron chi connectivity index (χ3n) is 3.34. The summed E-state index contributed by atoms with van der Waals surface area (Å²) in [5.41, 5.74) is 8.84. The van der Waals surface area contributed by atoms with Crippen LogP contribution in [0, 0.1) is 12.3 Å². The predicted molar refractivity (Wildman–Crippen MR) is 94.8 cm³/mol. The minimum atomic E-state index is -0.0383. The highest BCUT2D eigenvalue weighted by Crippen LogP contribution is 2.17. The molecule has 3 heteroatoms. The van der Waals surface area contributed by atoms with Gasteiger partial charge in [0.05, 0.1) is 6.54 Å². The summed E-state index contributed by atoms with van der Waals surface area (Å²) in [6, 6.07) is 0. The molecular weight excluding hydrogens is 272 g/mol. The highest BCUT2D eigenvalue weighted by Gasteiger charge is 2.17. The lowest BCUT2D eigenvalue weighted by atomic mass is 10.1. The Kier molecular flexibility index (Phi) is 9.33. The van der Waals surface area contributed by atoms with Crippen LogP contribution in [0.25, 0.3) is 0 Å². The fourth-order valence-corrected chi connectivity index (χ4v) is 1.89. The molecule has 0 heterocycles. The van der Waals surface area contributed by atoms with Gasteiger partial charge in [-0.25, -0.2) is 0 Å². The van der Waals surface area contributed by atoms with Crippen molar-refractivity contribution in [3.8, 4) is 12.3 Å². The molecule has 0 aliphatic heterocycles. The van der Waals surface area contributed by atoms with Crippen LogP contribution >= 0.6 is 0 Å². The summed E-state index contributed by atoms with van der Waals surface area (Å²) in [7, 11) is 0. The van der Waals surface area contributed by atoms with Crippen LogP contribution in [0.2, 0.25) is 0 Å². The van der Waals surface area contributed by atoms with E-state index in [1.165, 1.54) is 0 Å². The number of terminal acetylenes is 1. The largest absolute Gasteiger partial charge is 0.330 e. The Bertz CT molecular complexity index is 556. The van der Waals surface area contributed by atoms with Crippen molar-refractivity contribution in [3.63, 3.8) is 0 Å². The lowest BCUT2D eigenvalue weighted by molar-refractivity contribution is -0.128. The maximum Gasteiger partial charge on any atom is 0.228 e. The van der Waals surface area contributed by atoms with Crippen LogP contribution in [-0.2, 0) is 4.79 Å². The molecule has 0 spiro atoms. The lowest BCUT2D eigenvalue weighted by Crippen LogP contribution is -2.33. The number of rotatable bonds is 8. The van der Waals surface area contributed by atoms with Gasteiger partial charge in [-0.3, -0.25) is 4.79 Å². The average molecular weight is 298 g/mol. The van der Waals surface area contributed by atoms with Crippen molar-refractivity contribution in [3.05, 3.63) is 59.9 Å². The molecule has 0 rings (SSSR count). The number of amides is 1. The van der Waals surface area contributed by atoms with E-state index in [2.05, 4.69) is 19.1 Å². The minimum absolute atomic E-state index is 0.0383. The van der Waals surface area contributed by atoms with Gasteiger partial charge in [-0.15, -0.1) is 6.42 Å². The first kappa shape index (κ1) is 19.7. The predicted octanol–water partition coefficient (Wildman–Crippen LogP) is 3.34. The van der Waals surface area contributed by atoms with Gasteiger partial charge in [0, 0.05) is 24.2 Å². The monoisotopic (exact) mass is 298 g/mol. The first-order valence-electron chi connectivity index (χ1n) is 7.21. The van der Waals surface area contributed by atoms with E-state index < -0.39 is 0 Å². The molecule has 0 radical (unpaired) electrons. The molecule has 118 valence electrons. The summed E-state index contributed by atoms with van der Waals surface area (Å²) in [5, 5.41) is 0. The van der Waals surface area contributed by atoms with Crippen molar-refractivity contribution in [1.29, 1.82) is 0 Å². The Morgan fingerprint density at radius 1 is 1.32 bits per heavy atom. The van der Waals surface area contributed by atoms with Gasteiger partial charge in [0.2, 0.25) is 5.91 Å². The van der Waals surface area contributed by atoms with E-state index in [9.17, 15) is 4.79 Å². The van der Waals surface area contributed by atoms with Crippen LogP contribution in [0.15, 0.2) is 59.9 Å². The zero-order valence-electron chi connectivity index (χ0n) is 13.9. The number of nitrogens with zero attached hydrogens (tertiary/aromatic N) is 1. The Morgan fingerprint density at radius 2 is 1.95 bits per heavy atom. The fraction of sp³-hybridized carbons (Fsp3) is 0.316. The molecule has 0 bridgehead atoms. The Hall–Kier alpha value is -2.31. The molecule has 0 atom stereocenters. The summed E-state index contributed by atoms with van der Waals surface area (Å²) in [5.74, 6) is 2.57. The molecule has 2 N–H and O–H groups in total. The SMILES string of the molecule is C#C/C(C=C)=C(/C=C\C)CN(C(=O)CCN)/C(C)=C(\C)C=C. The summed E-state index contributed by atoms with van der Waals surface area (Å²) in [6.07, 6.45) is 12.9. The molecular formula is C19H26N2O. The van der Waals surface area contributed by atoms with E-state index in [0.29, 0.717) is 18.7 Å². The van der Waals surface area contributed by atoms with E-state index in [1.807, 2.05) is 32.9 Å². The maximum absolute atomic E-state index is 12.4. The smallest absolute Gasteiger partial charge is 0.228 e. The van der Waals surface area contributed by atoms with Crippen molar-refractivity contribution < 1.29 is 4.79 Å². The van der Waals surface area contributed by atoms with Gasteiger partial charge >= 0.3 is 0 Å². The number of nitrogens with two attached hydrogens (primary N) is 1. The van der Waals surface area contributed by atoms with E-state index in [-0.39, 0.29) is 12.3 Å². The van der Waals surface area contributed by atoms with E-state index in [1.54, 1.807) is 17.1 Å². The summed E-state index contributed by atoms with van der Waals surface area (Å²) in [6.45, 7) is 13.9. The maximum atomic E-state index is 12.4. The molecule has 22 heavy (non-hydrogen) atoms. The van der Waals surface area contributed by atoms with Crippen molar-refractivity contribution in [1.82, 2.24) is 4.90 Å². The number of carbonyl (C=O) groups is 1. The number of hydrogen-bond acceptors (Lipinski definition) is 2. The highest BCUT2D eigenvalue weighted by atomic mass is 16.2. The van der Waals surface area contributed by atoms with Crippen LogP contribution in [0.3, 0.4) is 0 Å². The summed E-state index contributed by atoms with van der Waals surface area (Å²) < 4.78 is 0. The van der Waals surface area contributed by atoms with Crippen molar-refractivity contribution >= 4 is 5.91 Å². The second-order valence-corrected chi connectivity index (χ2v) is 4.78. The van der Waals surface area contributed by atoms with Crippen LogP contribution < -0.4 is 5.73 Å². The van der Waals surface area contributed by atoms with Crippen LogP contribution in [-0.4, -0.2) is 23.9 Å². The van der Waals surface area contributed by atoms with Gasteiger partial charge in [-0.1, -0.05) is 43.4 Å². The Balaban J connectivity index is 5.87. The second-order valence-electron chi connectivity index (χ2n) is 4.78. The van der Waals surface area contributed by atoms with Crippen LogP contribution in [0.1, 0.15) is 27.2 Å². The minimum Gasteiger partial charge on any atom is -0.330 e. The molecule has 0 aliphatic rings.